The largest absolute Gasteiger partial charge is 0.344 e. The third-order valence-electron chi connectivity index (χ3n) is 4.66. The predicted molar refractivity (Wildman–Crippen MR) is 73.0 cm³/mol. The van der Waals surface area contributed by atoms with Crippen LogP contribution in [0.1, 0.15) is 32.6 Å². The van der Waals surface area contributed by atoms with E-state index in [0.29, 0.717) is 5.91 Å². The van der Waals surface area contributed by atoms with Gasteiger partial charge in [-0.05, 0) is 32.6 Å². The third-order valence-corrected chi connectivity index (χ3v) is 4.66. The van der Waals surface area contributed by atoms with Gasteiger partial charge < -0.3 is 4.90 Å². The monoisotopic (exact) mass is 243 g/mol. The molecule has 1 saturated heterocycles. The van der Waals surface area contributed by atoms with E-state index in [2.05, 4.69) is 31.2 Å². The summed E-state index contributed by atoms with van der Waals surface area (Å²) in [6.07, 6.45) is 13.6. The molecular formula is C16H21NO. The van der Waals surface area contributed by atoms with E-state index in [0.717, 1.165) is 25.8 Å². The predicted octanol–water partition coefficient (Wildman–Crippen LogP) is 3.08. The van der Waals surface area contributed by atoms with Gasteiger partial charge in [0.05, 0.1) is 5.92 Å². The molecule has 2 aliphatic carbocycles. The molecule has 1 spiro atoms. The number of nitrogens with zero attached hydrogens (tertiary/aromatic N) is 1. The van der Waals surface area contributed by atoms with Crippen LogP contribution in [0.25, 0.3) is 0 Å². The van der Waals surface area contributed by atoms with E-state index in [1.165, 1.54) is 17.6 Å². The highest BCUT2D eigenvalue weighted by Crippen LogP contribution is 2.49. The molecule has 2 unspecified atom stereocenters. The molecule has 1 heterocycles. The highest BCUT2D eigenvalue weighted by molar-refractivity contribution is 5.85. The van der Waals surface area contributed by atoms with Crippen molar-refractivity contribution in [2.45, 2.75) is 32.6 Å². The topological polar surface area (TPSA) is 20.3 Å². The molecule has 0 aromatic carbocycles. The van der Waals surface area contributed by atoms with Crippen molar-refractivity contribution in [2.75, 3.05) is 13.6 Å². The van der Waals surface area contributed by atoms with Gasteiger partial charge in [0.25, 0.3) is 0 Å². The molecule has 0 aromatic rings. The van der Waals surface area contributed by atoms with Crippen LogP contribution in [0, 0.1) is 11.3 Å². The Kier molecular flexibility index (Phi) is 2.69. The molecule has 96 valence electrons. The molecule has 1 aliphatic heterocycles. The molecular weight excluding hydrogens is 222 g/mol. The van der Waals surface area contributed by atoms with Gasteiger partial charge in [0.1, 0.15) is 0 Å². The zero-order valence-corrected chi connectivity index (χ0v) is 11.3. The van der Waals surface area contributed by atoms with Crippen LogP contribution in [0.4, 0.5) is 0 Å². The molecule has 18 heavy (non-hydrogen) atoms. The Morgan fingerprint density at radius 3 is 2.83 bits per heavy atom. The summed E-state index contributed by atoms with van der Waals surface area (Å²) in [6.45, 7) is 3.00. The van der Waals surface area contributed by atoms with Crippen LogP contribution >= 0.6 is 0 Å². The molecule has 3 aliphatic rings. The Morgan fingerprint density at radius 1 is 1.39 bits per heavy atom. The van der Waals surface area contributed by atoms with E-state index in [9.17, 15) is 4.79 Å². The summed E-state index contributed by atoms with van der Waals surface area (Å²) in [6, 6.07) is 0. The second kappa shape index (κ2) is 4.11. The minimum atomic E-state index is 0.0293. The van der Waals surface area contributed by atoms with Gasteiger partial charge in [0.2, 0.25) is 5.91 Å². The highest BCUT2D eigenvalue weighted by Gasteiger charge is 2.50. The van der Waals surface area contributed by atoms with Crippen molar-refractivity contribution >= 4 is 5.91 Å². The first-order valence-electron chi connectivity index (χ1n) is 6.92. The van der Waals surface area contributed by atoms with E-state index >= 15 is 0 Å². The Hall–Kier alpha value is -1.31. The fourth-order valence-electron chi connectivity index (χ4n) is 3.68. The molecule has 0 radical (unpaired) electrons. The fourth-order valence-corrected chi connectivity index (χ4v) is 3.68. The number of hydrogen-bond donors (Lipinski definition) is 0. The molecule has 0 aromatic heterocycles. The van der Waals surface area contributed by atoms with Crippen molar-refractivity contribution in [2.24, 2.45) is 11.3 Å². The number of carbonyl (C=O) groups is 1. The van der Waals surface area contributed by atoms with Crippen molar-refractivity contribution in [1.82, 2.24) is 4.90 Å². The minimum absolute atomic E-state index is 0.0293. The lowest BCUT2D eigenvalue weighted by Gasteiger charge is -2.32. The van der Waals surface area contributed by atoms with Crippen molar-refractivity contribution < 1.29 is 4.79 Å². The summed E-state index contributed by atoms with van der Waals surface area (Å²) < 4.78 is 0. The highest BCUT2D eigenvalue weighted by atomic mass is 16.2. The SMILES string of the molecule is CC1=CCC2(C=C1)CN(C)C(=O)C2C1=CCCC1. The van der Waals surface area contributed by atoms with Crippen molar-refractivity contribution in [3.8, 4) is 0 Å². The average Bonchev–Trinajstić information content (AvgIpc) is 2.93. The Morgan fingerprint density at radius 2 is 2.22 bits per heavy atom. The van der Waals surface area contributed by atoms with Gasteiger partial charge in [-0.15, -0.1) is 0 Å². The van der Waals surface area contributed by atoms with E-state index < -0.39 is 0 Å². The molecule has 2 nitrogen and oxygen atoms in total. The lowest BCUT2D eigenvalue weighted by molar-refractivity contribution is -0.129. The van der Waals surface area contributed by atoms with Gasteiger partial charge >= 0.3 is 0 Å². The van der Waals surface area contributed by atoms with E-state index in [4.69, 9.17) is 0 Å². The first-order chi connectivity index (χ1) is 8.62. The molecule has 1 fully saturated rings. The van der Waals surface area contributed by atoms with Crippen LogP contribution < -0.4 is 0 Å². The fraction of sp³-hybridized carbons (Fsp3) is 0.562. The van der Waals surface area contributed by atoms with Crippen LogP contribution in [0.2, 0.25) is 0 Å². The second-order valence-corrected chi connectivity index (χ2v) is 6.02. The smallest absolute Gasteiger partial charge is 0.230 e. The molecule has 0 N–H and O–H groups in total. The summed E-state index contributed by atoms with van der Waals surface area (Å²) in [7, 11) is 1.94. The second-order valence-electron chi connectivity index (χ2n) is 6.02. The number of rotatable bonds is 1. The Bertz CT molecular complexity index is 471. The van der Waals surface area contributed by atoms with Crippen molar-refractivity contribution in [1.29, 1.82) is 0 Å². The zero-order valence-electron chi connectivity index (χ0n) is 11.3. The van der Waals surface area contributed by atoms with Gasteiger partial charge in [0.15, 0.2) is 0 Å². The van der Waals surface area contributed by atoms with Crippen LogP contribution in [0.3, 0.4) is 0 Å². The number of allylic oxidation sites excluding steroid dienone is 4. The number of hydrogen-bond acceptors (Lipinski definition) is 1. The summed E-state index contributed by atoms with van der Waals surface area (Å²) in [5.74, 6) is 0.423. The lowest BCUT2D eigenvalue weighted by Crippen LogP contribution is -2.30. The molecule has 2 heteroatoms. The molecule has 2 atom stereocenters. The van der Waals surface area contributed by atoms with E-state index in [1.54, 1.807) is 0 Å². The Balaban J connectivity index is 1.98. The maximum atomic E-state index is 12.5. The summed E-state index contributed by atoms with van der Waals surface area (Å²) >= 11 is 0. The number of amides is 1. The minimum Gasteiger partial charge on any atom is -0.344 e. The standard InChI is InChI=1S/C16H21NO/c1-12-7-9-16(10-8-12)11-17(2)15(18)14(16)13-5-3-4-6-13/h5,7-9,14H,3-4,6,10-11H2,1-2H3. The summed E-state index contributed by atoms with van der Waals surface area (Å²) in [4.78, 5) is 14.4. The summed E-state index contributed by atoms with van der Waals surface area (Å²) in [5.41, 5.74) is 2.74. The van der Waals surface area contributed by atoms with Gasteiger partial charge in [-0.1, -0.05) is 35.5 Å². The first-order valence-corrected chi connectivity index (χ1v) is 6.92. The third kappa shape index (κ3) is 1.66. The van der Waals surface area contributed by atoms with Crippen LogP contribution in [0.5, 0.6) is 0 Å². The van der Waals surface area contributed by atoms with Crippen molar-refractivity contribution in [3.05, 3.63) is 35.5 Å². The maximum absolute atomic E-state index is 12.5. The van der Waals surface area contributed by atoms with Crippen LogP contribution in [0.15, 0.2) is 35.5 Å². The summed E-state index contributed by atoms with van der Waals surface area (Å²) in [5, 5.41) is 0. The van der Waals surface area contributed by atoms with Crippen molar-refractivity contribution in [3.63, 3.8) is 0 Å². The number of likely N-dealkylation sites (tertiary alicyclic amines) is 1. The average molecular weight is 243 g/mol. The number of carbonyl (C=O) groups excluding carboxylic acids is 1. The van der Waals surface area contributed by atoms with Gasteiger partial charge in [0, 0.05) is 19.0 Å². The molecule has 3 rings (SSSR count). The lowest BCUT2D eigenvalue weighted by atomic mass is 9.69. The Labute approximate surface area is 109 Å². The van der Waals surface area contributed by atoms with Gasteiger partial charge in [-0.3, -0.25) is 4.79 Å². The van der Waals surface area contributed by atoms with Gasteiger partial charge in [-0.2, -0.15) is 0 Å². The zero-order chi connectivity index (χ0) is 12.8. The van der Waals surface area contributed by atoms with Crippen LogP contribution in [-0.4, -0.2) is 24.4 Å². The molecule has 0 bridgehead atoms. The quantitative estimate of drug-likeness (QED) is 0.648. The van der Waals surface area contributed by atoms with Crippen LogP contribution in [-0.2, 0) is 4.79 Å². The van der Waals surface area contributed by atoms with E-state index in [-0.39, 0.29) is 11.3 Å². The molecule has 0 saturated carbocycles. The normalized spacial score (nSPS) is 35.3. The van der Waals surface area contributed by atoms with Gasteiger partial charge in [-0.25, -0.2) is 0 Å². The van der Waals surface area contributed by atoms with E-state index in [1.807, 2.05) is 11.9 Å². The maximum Gasteiger partial charge on any atom is 0.230 e. The molecule has 1 amide bonds. The first kappa shape index (κ1) is 11.8.